The third-order valence-corrected chi connectivity index (χ3v) is 1.27. The first-order valence-electron chi connectivity index (χ1n) is 3.00. The van der Waals surface area contributed by atoms with Crippen molar-refractivity contribution in [3.05, 3.63) is 49.1 Å². The quantitative estimate of drug-likeness (QED) is 0.593. The van der Waals surface area contributed by atoms with Crippen molar-refractivity contribution in [1.29, 1.82) is 0 Å². The average molecular weight is 134 g/mol. The molecule has 0 spiro atoms. The van der Waals surface area contributed by atoms with E-state index >= 15 is 0 Å². The van der Waals surface area contributed by atoms with Crippen LogP contribution in [0, 0.1) is 0 Å². The summed E-state index contributed by atoms with van der Waals surface area (Å²) in [7, 11) is 0. The number of hydrogen-bond donors (Lipinski definition) is 2. The molecule has 2 N–H and O–H groups in total. The van der Waals surface area contributed by atoms with E-state index in [1.165, 1.54) is 0 Å². The Labute approximate surface area is 60.6 Å². The molecule has 0 saturated heterocycles. The Morgan fingerprint density at radius 3 is 1.70 bits per heavy atom. The normalized spacial score (nSPS) is 16.2. The molecule has 0 aromatic rings. The van der Waals surface area contributed by atoms with Crippen molar-refractivity contribution in [3.8, 4) is 0 Å². The van der Waals surface area contributed by atoms with Gasteiger partial charge in [0.25, 0.3) is 0 Å². The molecule has 10 heavy (non-hydrogen) atoms. The fourth-order valence-corrected chi connectivity index (χ4v) is 0.813. The van der Waals surface area contributed by atoms with Crippen LogP contribution in [0.1, 0.15) is 0 Å². The smallest absolute Gasteiger partial charge is 0.100 e. The summed E-state index contributed by atoms with van der Waals surface area (Å²) >= 11 is 0. The second kappa shape index (κ2) is 2.43. The van der Waals surface area contributed by atoms with Crippen LogP contribution in [0.4, 0.5) is 0 Å². The zero-order chi connectivity index (χ0) is 7.56. The lowest BCUT2D eigenvalue weighted by atomic mass is 10.3. The fourth-order valence-electron chi connectivity index (χ4n) is 0.813. The monoisotopic (exact) mass is 134 g/mol. The van der Waals surface area contributed by atoms with E-state index in [1.54, 1.807) is 12.2 Å². The molecular weight excluding hydrogens is 124 g/mol. The van der Waals surface area contributed by atoms with Crippen molar-refractivity contribution in [3.63, 3.8) is 0 Å². The number of nitrogens with one attached hydrogen (secondary N) is 2. The van der Waals surface area contributed by atoms with E-state index in [9.17, 15) is 0 Å². The molecule has 0 unspecified atom stereocenters. The summed E-state index contributed by atoms with van der Waals surface area (Å²) in [5.41, 5.74) is 1.86. The summed E-state index contributed by atoms with van der Waals surface area (Å²) in [4.78, 5) is 0. The first-order valence-corrected chi connectivity index (χ1v) is 3.00. The molecule has 0 fully saturated rings. The van der Waals surface area contributed by atoms with Crippen molar-refractivity contribution >= 4 is 0 Å². The van der Waals surface area contributed by atoms with E-state index in [0.29, 0.717) is 0 Å². The van der Waals surface area contributed by atoms with Crippen LogP contribution in [0.15, 0.2) is 49.1 Å². The van der Waals surface area contributed by atoms with Gasteiger partial charge in [-0.25, -0.2) is 0 Å². The molecular formula is C8H10N2. The minimum atomic E-state index is 0.768. The molecule has 0 aromatic carbocycles. The van der Waals surface area contributed by atoms with Crippen LogP contribution < -0.4 is 10.6 Å². The highest BCUT2D eigenvalue weighted by Crippen LogP contribution is 2.09. The van der Waals surface area contributed by atoms with E-state index in [2.05, 4.69) is 30.4 Å². The minimum Gasteiger partial charge on any atom is -0.341 e. The van der Waals surface area contributed by atoms with Gasteiger partial charge >= 0.3 is 0 Å². The van der Waals surface area contributed by atoms with Gasteiger partial charge in [0.05, 0.1) is 11.4 Å². The predicted molar refractivity (Wildman–Crippen MR) is 42.8 cm³/mol. The molecule has 1 aliphatic rings. The Hall–Kier alpha value is -1.44. The van der Waals surface area contributed by atoms with E-state index < -0.39 is 0 Å². The lowest BCUT2D eigenvalue weighted by Gasteiger charge is -1.94. The van der Waals surface area contributed by atoms with Crippen LogP contribution in [-0.2, 0) is 0 Å². The van der Waals surface area contributed by atoms with Gasteiger partial charge in [-0.1, -0.05) is 19.7 Å². The molecule has 0 aliphatic carbocycles. The summed E-state index contributed by atoms with van der Waals surface area (Å²) in [6, 6.07) is 0. The van der Waals surface area contributed by atoms with Crippen molar-refractivity contribution in [2.24, 2.45) is 0 Å². The zero-order valence-corrected chi connectivity index (χ0v) is 5.78. The topological polar surface area (TPSA) is 24.1 Å². The van der Waals surface area contributed by atoms with Gasteiger partial charge in [-0.2, -0.15) is 0 Å². The van der Waals surface area contributed by atoms with Crippen LogP contribution in [0.3, 0.4) is 0 Å². The zero-order valence-electron chi connectivity index (χ0n) is 5.78. The van der Waals surface area contributed by atoms with Gasteiger partial charge in [-0.05, 0) is 12.2 Å². The number of rotatable bonds is 2. The third-order valence-electron chi connectivity index (χ3n) is 1.27. The van der Waals surface area contributed by atoms with Gasteiger partial charge in [0, 0.05) is 0 Å². The van der Waals surface area contributed by atoms with E-state index in [1.807, 2.05) is 0 Å². The summed E-state index contributed by atoms with van der Waals surface area (Å²) in [6.45, 7) is 10.9. The molecule has 1 aliphatic heterocycles. The molecule has 0 amide bonds. The number of allylic oxidation sites excluding steroid dienone is 2. The summed E-state index contributed by atoms with van der Waals surface area (Å²) in [6.07, 6.45) is 3.45. The molecule has 1 rings (SSSR count). The molecule has 0 radical (unpaired) electrons. The summed E-state index contributed by atoms with van der Waals surface area (Å²) in [5.74, 6) is 0.768. The second-order valence-corrected chi connectivity index (χ2v) is 1.96. The lowest BCUT2D eigenvalue weighted by Crippen LogP contribution is -2.10. The second-order valence-electron chi connectivity index (χ2n) is 1.96. The van der Waals surface area contributed by atoms with Crippen molar-refractivity contribution in [2.45, 2.75) is 0 Å². The summed E-state index contributed by atoms with van der Waals surface area (Å²) < 4.78 is 0. The van der Waals surface area contributed by atoms with Gasteiger partial charge < -0.3 is 10.6 Å². The molecule has 52 valence electrons. The van der Waals surface area contributed by atoms with Crippen molar-refractivity contribution in [2.75, 3.05) is 0 Å². The molecule has 2 nitrogen and oxygen atoms in total. The lowest BCUT2D eigenvalue weighted by molar-refractivity contribution is 0.969. The van der Waals surface area contributed by atoms with Crippen LogP contribution in [-0.4, -0.2) is 0 Å². The first kappa shape index (κ1) is 6.68. The van der Waals surface area contributed by atoms with Gasteiger partial charge in [0.1, 0.15) is 5.82 Å². The largest absolute Gasteiger partial charge is 0.341 e. The fraction of sp³-hybridized carbons (Fsp3) is 0. The maximum atomic E-state index is 3.69. The van der Waals surface area contributed by atoms with Gasteiger partial charge in [0.15, 0.2) is 0 Å². The highest BCUT2D eigenvalue weighted by molar-refractivity contribution is 5.37. The number of hydrogen-bond acceptors (Lipinski definition) is 2. The predicted octanol–water partition coefficient (Wildman–Crippen LogP) is 1.23. The molecule has 1 heterocycles. The molecule has 0 bridgehead atoms. The SMILES string of the molecule is C=CC1=C(C=C)NC(=C)N1. The maximum absolute atomic E-state index is 3.69. The Balaban J connectivity index is 2.90. The third kappa shape index (κ3) is 0.957. The van der Waals surface area contributed by atoms with Crippen LogP contribution in [0.5, 0.6) is 0 Å². The molecule has 0 aromatic heterocycles. The molecule has 0 atom stereocenters. The van der Waals surface area contributed by atoms with E-state index in [4.69, 9.17) is 0 Å². The minimum absolute atomic E-state index is 0.768. The van der Waals surface area contributed by atoms with E-state index in [0.717, 1.165) is 17.2 Å². The standard InChI is InChI=1S/C8H10N2/c1-4-7-8(5-2)10-6(3)9-7/h4-5,9-10H,1-3H2. The Kier molecular flexibility index (Phi) is 1.63. The van der Waals surface area contributed by atoms with Crippen molar-refractivity contribution < 1.29 is 0 Å². The first-order chi connectivity index (χ1) is 4.77. The molecule has 0 saturated carbocycles. The maximum Gasteiger partial charge on any atom is 0.100 e. The van der Waals surface area contributed by atoms with Gasteiger partial charge in [-0.3, -0.25) is 0 Å². The van der Waals surface area contributed by atoms with Crippen LogP contribution >= 0.6 is 0 Å². The molecule has 2 heteroatoms. The highest BCUT2D eigenvalue weighted by atomic mass is 15.2. The summed E-state index contributed by atoms with van der Waals surface area (Å²) in [5, 5.41) is 5.98. The van der Waals surface area contributed by atoms with Gasteiger partial charge in [-0.15, -0.1) is 0 Å². The van der Waals surface area contributed by atoms with Crippen LogP contribution in [0.2, 0.25) is 0 Å². The highest BCUT2D eigenvalue weighted by Gasteiger charge is 2.09. The Morgan fingerprint density at radius 2 is 1.40 bits per heavy atom. The van der Waals surface area contributed by atoms with Gasteiger partial charge in [0.2, 0.25) is 0 Å². The van der Waals surface area contributed by atoms with Crippen LogP contribution in [0.25, 0.3) is 0 Å². The Bertz CT molecular complexity index is 201. The Morgan fingerprint density at radius 1 is 1.00 bits per heavy atom. The average Bonchev–Trinajstić information content (AvgIpc) is 2.30. The van der Waals surface area contributed by atoms with E-state index in [-0.39, 0.29) is 0 Å². The van der Waals surface area contributed by atoms with Crippen molar-refractivity contribution in [1.82, 2.24) is 10.6 Å².